The Bertz CT molecular complexity index is 340. The number of aliphatic carboxylic acids is 1. The summed E-state index contributed by atoms with van der Waals surface area (Å²) in [6.07, 6.45) is -1.51. The molecule has 1 atom stereocenters. The molecule has 5 heteroatoms. The first-order valence-electron chi connectivity index (χ1n) is 3.38. The second-order valence-electron chi connectivity index (χ2n) is 2.41. The highest BCUT2D eigenvalue weighted by Gasteiger charge is 2.18. The summed E-state index contributed by atoms with van der Waals surface area (Å²) in [7, 11) is 0. The number of carboxylic acids is 1. The van der Waals surface area contributed by atoms with Crippen LogP contribution in [0.1, 0.15) is 11.7 Å². The number of carbonyl (C=O) groups is 1. The first-order chi connectivity index (χ1) is 6.02. The average molecular weight is 312 g/mol. The molecule has 13 heavy (non-hydrogen) atoms. The van der Waals surface area contributed by atoms with Gasteiger partial charge in [0.2, 0.25) is 0 Å². The molecular weight excluding hydrogens is 306 g/mol. The fraction of sp³-hybridized carbons (Fsp3) is 0.125. The van der Waals surface area contributed by atoms with Gasteiger partial charge in [0, 0.05) is 14.2 Å². The van der Waals surface area contributed by atoms with Crippen molar-refractivity contribution >= 4 is 40.2 Å². The second kappa shape index (κ2) is 4.26. The van der Waals surface area contributed by atoms with E-state index < -0.39 is 12.1 Å². The summed E-state index contributed by atoms with van der Waals surface area (Å²) in [5.41, 5.74) is 0.320. The number of benzene rings is 1. The van der Waals surface area contributed by atoms with Gasteiger partial charge in [0.05, 0.1) is 0 Å². The number of hydrogen-bond acceptors (Lipinski definition) is 2. The van der Waals surface area contributed by atoms with Crippen LogP contribution in [0, 0.1) is 3.57 Å². The van der Waals surface area contributed by atoms with Crippen LogP contribution >= 0.6 is 34.2 Å². The lowest BCUT2D eigenvalue weighted by Gasteiger charge is -2.08. The van der Waals surface area contributed by atoms with E-state index in [-0.39, 0.29) is 0 Å². The maximum absolute atomic E-state index is 10.5. The van der Waals surface area contributed by atoms with Crippen molar-refractivity contribution in [2.45, 2.75) is 6.10 Å². The number of halogens is 2. The largest absolute Gasteiger partial charge is 0.479 e. The fourth-order valence-electron chi connectivity index (χ4n) is 0.857. The van der Waals surface area contributed by atoms with Gasteiger partial charge >= 0.3 is 5.97 Å². The van der Waals surface area contributed by atoms with Crippen LogP contribution in [-0.2, 0) is 4.79 Å². The molecule has 0 aliphatic heterocycles. The SMILES string of the molecule is O=C(O)C(O)c1cc(Cl)ccc1I. The van der Waals surface area contributed by atoms with Crippen LogP contribution in [0.4, 0.5) is 0 Å². The lowest BCUT2D eigenvalue weighted by atomic mass is 10.1. The Hall–Kier alpha value is -0.330. The quantitative estimate of drug-likeness (QED) is 0.822. The van der Waals surface area contributed by atoms with Gasteiger partial charge in [-0.05, 0) is 40.8 Å². The van der Waals surface area contributed by atoms with E-state index in [1.807, 2.05) is 22.6 Å². The molecule has 0 fully saturated rings. The van der Waals surface area contributed by atoms with Crippen molar-refractivity contribution in [3.8, 4) is 0 Å². The zero-order valence-electron chi connectivity index (χ0n) is 6.37. The number of aliphatic hydroxyl groups is 1. The van der Waals surface area contributed by atoms with Gasteiger partial charge in [-0.25, -0.2) is 4.79 Å². The molecule has 1 aromatic rings. The highest BCUT2D eigenvalue weighted by Crippen LogP contribution is 2.23. The van der Waals surface area contributed by atoms with E-state index in [2.05, 4.69) is 0 Å². The Labute approximate surface area is 93.5 Å². The molecule has 0 radical (unpaired) electrons. The first-order valence-corrected chi connectivity index (χ1v) is 4.84. The van der Waals surface area contributed by atoms with Gasteiger partial charge in [0.25, 0.3) is 0 Å². The maximum Gasteiger partial charge on any atom is 0.337 e. The fourth-order valence-corrected chi connectivity index (χ4v) is 1.67. The minimum atomic E-state index is -1.51. The molecular formula is C8H6ClIO3. The Kier molecular flexibility index (Phi) is 3.52. The van der Waals surface area contributed by atoms with Gasteiger partial charge in [-0.1, -0.05) is 11.6 Å². The summed E-state index contributed by atoms with van der Waals surface area (Å²) in [5, 5.41) is 18.2. The predicted molar refractivity (Wildman–Crippen MR) is 56.8 cm³/mol. The molecule has 0 aromatic heterocycles. The van der Waals surface area contributed by atoms with Gasteiger partial charge < -0.3 is 10.2 Å². The van der Waals surface area contributed by atoms with Crippen LogP contribution in [0.25, 0.3) is 0 Å². The zero-order valence-corrected chi connectivity index (χ0v) is 9.28. The van der Waals surface area contributed by atoms with Gasteiger partial charge in [-0.15, -0.1) is 0 Å². The predicted octanol–water partition coefficient (Wildman–Crippen LogP) is 2.06. The summed E-state index contributed by atoms with van der Waals surface area (Å²) < 4.78 is 0.678. The van der Waals surface area contributed by atoms with Crippen LogP contribution in [0.15, 0.2) is 18.2 Å². The van der Waals surface area contributed by atoms with Gasteiger partial charge in [0.15, 0.2) is 6.10 Å². The van der Waals surface area contributed by atoms with Gasteiger partial charge in [0.1, 0.15) is 0 Å². The van der Waals surface area contributed by atoms with Crippen LogP contribution in [0.3, 0.4) is 0 Å². The number of carboxylic acid groups (broad SMARTS) is 1. The molecule has 0 bridgehead atoms. The van der Waals surface area contributed by atoms with Gasteiger partial charge in [-0.2, -0.15) is 0 Å². The maximum atomic E-state index is 10.5. The molecule has 1 aromatic carbocycles. The standard InChI is InChI=1S/C8H6ClIO3/c9-4-1-2-6(10)5(3-4)7(11)8(12)13/h1-3,7,11H,(H,12,13). The van der Waals surface area contributed by atoms with Gasteiger partial charge in [-0.3, -0.25) is 0 Å². The van der Waals surface area contributed by atoms with E-state index in [9.17, 15) is 9.90 Å². The van der Waals surface area contributed by atoms with E-state index in [0.717, 1.165) is 0 Å². The van der Waals surface area contributed by atoms with E-state index in [0.29, 0.717) is 14.2 Å². The summed E-state index contributed by atoms with van der Waals surface area (Å²) in [6.45, 7) is 0. The van der Waals surface area contributed by atoms with Crippen molar-refractivity contribution in [2.75, 3.05) is 0 Å². The van der Waals surface area contributed by atoms with Crippen LogP contribution in [-0.4, -0.2) is 16.2 Å². The van der Waals surface area contributed by atoms with Crippen molar-refractivity contribution in [3.63, 3.8) is 0 Å². The topological polar surface area (TPSA) is 57.5 Å². The molecule has 1 rings (SSSR count). The lowest BCUT2D eigenvalue weighted by molar-refractivity contribution is -0.147. The lowest BCUT2D eigenvalue weighted by Crippen LogP contribution is -2.11. The third kappa shape index (κ3) is 2.55. The Morgan fingerprint density at radius 3 is 2.69 bits per heavy atom. The van der Waals surface area contributed by atoms with Crippen molar-refractivity contribution in [2.24, 2.45) is 0 Å². The summed E-state index contributed by atoms with van der Waals surface area (Å²) in [5.74, 6) is -1.28. The van der Waals surface area contributed by atoms with E-state index in [1.165, 1.54) is 6.07 Å². The van der Waals surface area contributed by atoms with E-state index in [1.54, 1.807) is 12.1 Å². The van der Waals surface area contributed by atoms with Crippen molar-refractivity contribution in [1.82, 2.24) is 0 Å². The van der Waals surface area contributed by atoms with Crippen molar-refractivity contribution in [3.05, 3.63) is 32.4 Å². The molecule has 0 saturated heterocycles. The Morgan fingerprint density at radius 1 is 1.54 bits per heavy atom. The molecule has 70 valence electrons. The zero-order chi connectivity index (χ0) is 10.0. The number of rotatable bonds is 2. The minimum absolute atomic E-state index is 0.320. The molecule has 2 N–H and O–H groups in total. The van der Waals surface area contributed by atoms with Crippen LogP contribution < -0.4 is 0 Å². The van der Waals surface area contributed by atoms with Crippen LogP contribution in [0.5, 0.6) is 0 Å². The number of hydrogen-bond donors (Lipinski definition) is 2. The second-order valence-corrected chi connectivity index (χ2v) is 4.01. The monoisotopic (exact) mass is 312 g/mol. The van der Waals surface area contributed by atoms with Crippen LogP contribution in [0.2, 0.25) is 5.02 Å². The van der Waals surface area contributed by atoms with Crippen molar-refractivity contribution < 1.29 is 15.0 Å². The molecule has 0 saturated carbocycles. The number of aliphatic hydroxyl groups excluding tert-OH is 1. The molecule has 0 heterocycles. The summed E-state index contributed by atoms with van der Waals surface area (Å²) in [4.78, 5) is 10.5. The summed E-state index contributed by atoms with van der Waals surface area (Å²) >= 11 is 7.60. The van der Waals surface area contributed by atoms with E-state index >= 15 is 0 Å². The van der Waals surface area contributed by atoms with Crippen molar-refractivity contribution in [1.29, 1.82) is 0 Å². The first kappa shape index (κ1) is 10.7. The molecule has 0 spiro atoms. The normalized spacial score (nSPS) is 12.5. The molecule has 0 aliphatic rings. The molecule has 1 unspecified atom stereocenters. The highest BCUT2D eigenvalue weighted by molar-refractivity contribution is 14.1. The third-order valence-electron chi connectivity index (χ3n) is 1.49. The molecule has 0 amide bonds. The minimum Gasteiger partial charge on any atom is -0.479 e. The van der Waals surface area contributed by atoms with E-state index in [4.69, 9.17) is 16.7 Å². The molecule has 0 aliphatic carbocycles. The molecule has 3 nitrogen and oxygen atoms in total. The Balaban J connectivity index is 3.12. The highest BCUT2D eigenvalue weighted by atomic mass is 127. The Morgan fingerprint density at radius 2 is 2.15 bits per heavy atom. The third-order valence-corrected chi connectivity index (χ3v) is 2.70. The summed E-state index contributed by atoms with van der Waals surface area (Å²) in [6, 6.07) is 4.74. The smallest absolute Gasteiger partial charge is 0.337 e. The average Bonchev–Trinajstić information content (AvgIpc) is 2.08.